The van der Waals surface area contributed by atoms with Crippen molar-refractivity contribution in [3.8, 4) is 0 Å². The molecule has 256 valence electrons. The van der Waals surface area contributed by atoms with Gasteiger partial charge in [0, 0.05) is 49.4 Å². The molecule has 0 radical (unpaired) electrons. The van der Waals surface area contributed by atoms with E-state index in [2.05, 4.69) is 27.7 Å². The van der Waals surface area contributed by atoms with Crippen molar-refractivity contribution in [1.29, 1.82) is 0 Å². The Kier molecular flexibility index (Phi) is 13.6. The monoisotopic (exact) mass is 657 g/mol. The van der Waals surface area contributed by atoms with Crippen LogP contribution in [0.3, 0.4) is 0 Å². The summed E-state index contributed by atoms with van der Waals surface area (Å²) < 4.78 is 0. The molecule has 0 bridgehead atoms. The van der Waals surface area contributed by atoms with Crippen LogP contribution in [0.5, 0.6) is 0 Å². The number of non-ortho nitro benzene ring substituents is 1. The Labute approximate surface area is 282 Å². The van der Waals surface area contributed by atoms with E-state index in [-0.39, 0.29) is 23.5 Å². The van der Waals surface area contributed by atoms with Crippen molar-refractivity contribution < 1.29 is 24.4 Å². The molecule has 1 aliphatic heterocycles. The first kappa shape index (κ1) is 36.2. The van der Waals surface area contributed by atoms with E-state index in [1.807, 2.05) is 62.4 Å². The first-order chi connectivity index (χ1) is 23.2. The number of benzene rings is 3. The number of nitrogens with one attached hydrogen (secondary N) is 2. The zero-order valence-corrected chi connectivity index (χ0v) is 27.8. The van der Waals surface area contributed by atoms with Gasteiger partial charge in [-0.25, -0.2) is 0 Å². The lowest BCUT2D eigenvalue weighted by Crippen LogP contribution is -2.52. The van der Waals surface area contributed by atoms with Crippen molar-refractivity contribution in [3.63, 3.8) is 0 Å². The SMILES string of the molecule is CCCN(CCC)C(=O)c1cc(C(=O)N[C@@H](Cc2ccccc2)C(O)C(=O)NCC2CCN(Cc3ccccc3)CC2)cc([N+](=O)[O-])c1. The fourth-order valence-corrected chi connectivity index (χ4v) is 6.09. The second-order valence-corrected chi connectivity index (χ2v) is 12.5. The van der Waals surface area contributed by atoms with Crippen LogP contribution < -0.4 is 10.6 Å². The Morgan fingerprint density at radius 3 is 2.08 bits per heavy atom. The van der Waals surface area contributed by atoms with Crippen molar-refractivity contribution in [3.05, 3.63) is 111 Å². The van der Waals surface area contributed by atoms with Crippen molar-refractivity contribution >= 4 is 23.4 Å². The van der Waals surface area contributed by atoms with E-state index in [0.29, 0.717) is 32.5 Å². The first-order valence-corrected chi connectivity index (χ1v) is 16.8. The Morgan fingerprint density at radius 1 is 0.917 bits per heavy atom. The summed E-state index contributed by atoms with van der Waals surface area (Å²) in [4.78, 5) is 55.3. The van der Waals surface area contributed by atoms with Gasteiger partial charge in [0.2, 0.25) is 0 Å². The first-order valence-electron chi connectivity index (χ1n) is 16.8. The lowest BCUT2D eigenvalue weighted by molar-refractivity contribution is -0.384. The molecule has 1 saturated heterocycles. The number of amides is 3. The van der Waals surface area contributed by atoms with Crippen LogP contribution in [0.2, 0.25) is 0 Å². The van der Waals surface area contributed by atoms with Crippen LogP contribution in [0.25, 0.3) is 0 Å². The molecule has 3 amide bonds. The number of hydrogen-bond donors (Lipinski definition) is 3. The number of aliphatic hydroxyl groups is 1. The summed E-state index contributed by atoms with van der Waals surface area (Å²) >= 11 is 0. The largest absolute Gasteiger partial charge is 0.381 e. The van der Waals surface area contributed by atoms with Crippen molar-refractivity contribution in [1.82, 2.24) is 20.4 Å². The topological polar surface area (TPSA) is 145 Å². The molecule has 1 heterocycles. The van der Waals surface area contributed by atoms with Gasteiger partial charge in [-0.2, -0.15) is 0 Å². The molecule has 3 aromatic rings. The van der Waals surface area contributed by atoms with Gasteiger partial charge in [0.05, 0.1) is 11.0 Å². The zero-order valence-electron chi connectivity index (χ0n) is 27.8. The Hall–Kier alpha value is -4.61. The molecule has 11 nitrogen and oxygen atoms in total. The zero-order chi connectivity index (χ0) is 34.5. The number of rotatable bonds is 16. The maximum Gasteiger partial charge on any atom is 0.271 e. The molecule has 2 atom stereocenters. The van der Waals surface area contributed by atoms with Crippen LogP contribution >= 0.6 is 0 Å². The van der Waals surface area contributed by atoms with Gasteiger partial charge in [-0.05, 0) is 68.3 Å². The summed E-state index contributed by atoms with van der Waals surface area (Å²) in [5, 5.41) is 28.7. The second kappa shape index (κ2) is 18.1. The smallest absolute Gasteiger partial charge is 0.271 e. The summed E-state index contributed by atoms with van der Waals surface area (Å²) in [7, 11) is 0. The molecule has 3 N–H and O–H groups in total. The molecular weight excluding hydrogens is 610 g/mol. The molecule has 0 aromatic heterocycles. The average Bonchev–Trinajstić information content (AvgIpc) is 3.10. The quantitative estimate of drug-likeness (QED) is 0.151. The van der Waals surface area contributed by atoms with Gasteiger partial charge in [-0.15, -0.1) is 0 Å². The molecule has 1 aliphatic rings. The summed E-state index contributed by atoms with van der Waals surface area (Å²) in [6.45, 7) is 7.94. The number of hydrogen-bond acceptors (Lipinski definition) is 7. The second-order valence-electron chi connectivity index (χ2n) is 12.5. The summed E-state index contributed by atoms with van der Waals surface area (Å²) in [6, 6.07) is 22.0. The van der Waals surface area contributed by atoms with Crippen LogP contribution in [0, 0.1) is 16.0 Å². The maximum atomic E-state index is 13.6. The molecule has 11 heteroatoms. The molecule has 3 aromatic carbocycles. The summed E-state index contributed by atoms with van der Waals surface area (Å²) in [5.41, 5.74) is 1.58. The van der Waals surface area contributed by atoms with Crippen LogP contribution in [0.1, 0.15) is 71.4 Å². The predicted octanol–water partition coefficient (Wildman–Crippen LogP) is 4.59. The maximum absolute atomic E-state index is 13.6. The third-order valence-corrected chi connectivity index (χ3v) is 8.70. The number of likely N-dealkylation sites (tertiary alicyclic amines) is 1. The van der Waals surface area contributed by atoms with Crippen LogP contribution in [0.15, 0.2) is 78.9 Å². The predicted molar refractivity (Wildman–Crippen MR) is 184 cm³/mol. The summed E-state index contributed by atoms with van der Waals surface area (Å²) in [6.07, 6.45) is 1.80. The Bertz CT molecular complexity index is 1510. The van der Waals surface area contributed by atoms with E-state index in [1.165, 1.54) is 17.7 Å². The number of carbonyl (C=O) groups excluding carboxylic acids is 3. The number of nitro benzene ring substituents is 1. The van der Waals surface area contributed by atoms with E-state index in [1.54, 1.807) is 4.90 Å². The number of nitrogens with zero attached hydrogens (tertiary/aromatic N) is 3. The van der Waals surface area contributed by atoms with E-state index in [4.69, 9.17) is 0 Å². The van der Waals surface area contributed by atoms with Gasteiger partial charge < -0.3 is 20.6 Å². The Balaban J connectivity index is 1.44. The minimum absolute atomic E-state index is 0.0315. The highest BCUT2D eigenvalue weighted by molar-refractivity contribution is 6.01. The van der Waals surface area contributed by atoms with E-state index in [9.17, 15) is 29.6 Å². The minimum Gasteiger partial charge on any atom is -0.381 e. The highest BCUT2D eigenvalue weighted by atomic mass is 16.6. The number of piperidine rings is 1. The number of aliphatic hydroxyl groups excluding tert-OH is 1. The molecule has 48 heavy (non-hydrogen) atoms. The standard InChI is InChI=1S/C37H47N5O6/c1-3-17-41(18-4-2)37(46)31-22-30(23-32(24-31)42(47)48)35(44)39-33(21-27-11-7-5-8-12-27)34(43)36(45)38-25-28-15-19-40(20-16-28)26-29-13-9-6-10-14-29/h5-14,22-24,28,33-34,43H,3-4,15-21,25-26H2,1-2H3,(H,38,45)(H,39,44)/t33-,34?/m0/s1. The molecule has 1 unspecified atom stereocenters. The van der Waals surface area contributed by atoms with Gasteiger partial charge in [-0.3, -0.25) is 29.4 Å². The summed E-state index contributed by atoms with van der Waals surface area (Å²) in [5.74, 6) is -1.48. The molecule has 4 rings (SSSR count). The van der Waals surface area contributed by atoms with E-state index < -0.39 is 40.5 Å². The molecule has 1 fully saturated rings. The number of carbonyl (C=O) groups is 3. The molecule has 0 saturated carbocycles. The van der Waals surface area contributed by atoms with Crippen molar-refractivity contribution in [2.45, 2.75) is 64.6 Å². The van der Waals surface area contributed by atoms with Crippen LogP contribution in [-0.2, 0) is 17.8 Å². The van der Waals surface area contributed by atoms with Gasteiger partial charge in [0.25, 0.3) is 23.4 Å². The third-order valence-electron chi connectivity index (χ3n) is 8.70. The van der Waals surface area contributed by atoms with Gasteiger partial charge in [0.1, 0.15) is 0 Å². The molecule has 0 aliphatic carbocycles. The molecular formula is C37H47N5O6. The average molecular weight is 658 g/mol. The third kappa shape index (κ3) is 10.4. The van der Waals surface area contributed by atoms with Gasteiger partial charge in [0.15, 0.2) is 6.10 Å². The fraction of sp³-hybridized carbons (Fsp3) is 0.432. The minimum atomic E-state index is -1.59. The Morgan fingerprint density at radius 2 is 1.50 bits per heavy atom. The van der Waals surface area contributed by atoms with Crippen molar-refractivity contribution in [2.75, 3.05) is 32.7 Å². The van der Waals surface area contributed by atoms with Gasteiger partial charge >= 0.3 is 0 Å². The lowest BCUT2D eigenvalue weighted by atomic mass is 9.95. The normalized spacial score (nSPS) is 14.9. The van der Waals surface area contributed by atoms with Crippen LogP contribution in [-0.4, -0.2) is 82.4 Å². The lowest BCUT2D eigenvalue weighted by Gasteiger charge is -2.32. The van der Waals surface area contributed by atoms with Gasteiger partial charge in [-0.1, -0.05) is 74.5 Å². The van der Waals surface area contributed by atoms with E-state index in [0.717, 1.165) is 44.1 Å². The highest BCUT2D eigenvalue weighted by Crippen LogP contribution is 2.21. The highest BCUT2D eigenvalue weighted by Gasteiger charge is 2.30. The molecule has 0 spiro atoms. The number of nitro groups is 1. The fourth-order valence-electron chi connectivity index (χ4n) is 6.09. The van der Waals surface area contributed by atoms with Crippen molar-refractivity contribution in [2.24, 2.45) is 5.92 Å². The van der Waals surface area contributed by atoms with Crippen LogP contribution in [0.4, 0.5) is 5.69 Å². The van der Waals surface area contributed by atoms with E-state index >= 15 is 0 Å².